The second-order valence-electron chi connectivity index (χ2n) is 7.33. The van der Waals surface area contributed by atoms with E-state index in [0.717, 1.165) is 12.8 Å². The number of hydrogen-bond acceptors (Lipinski definition) is 3. The Morgan fingerprint density at radius 2 is 1.67 bits per heavy atom. The summed E-state index contributed by atoms with van der Waals surface area (Å²) in [5, 5.41) is 31.6. The van der Waals surface area contributed by atoms with Crippen LogP contribution in [-0.4, -0.2) is 33.1 Å². The van der Waals surface area contributed by atoms with Crippen molar-refractivity contribution in [3.63, 3.8) is 0 Å². The molecule has 2 fully saturated rings. The first kappa shape index (κ1) is 14.3. The van der Waals surface area contributed by atoms with E-state index < -0.39 is 17.8 Å². The van der Waals surface area contributed by atoms with Crippen LogP contribution in [0.1, 0.15) is 53.4 Å². The Bertz CT molecular complexity index is 313. The van der Waals surface area contributed by atoms with E-state index in [4.69, 9.17) is 0 Å². The zero-order valence-electron chi connectivity index (χ0n) is 12.1. The predicted molar refractivity (Wildman–Crippen MR) is 71.0 cm³/mol. The lowest BCUT2D eigenvalue weighted by Gasteiger charge is -2.58. The molecule has 0 radical (unpaired) electrons. The van der Waals surface area contributed by atoms with E-state index in [1.807, 2.05) is 13.8 Å². The van der Waals surface area contributed by atoms with E-state index in [-0.39, 0.29) is 17.3 Å². The van der Waals surface area contributed by atoms with E-state index in [1.165, 1.54) is 0 Å². The van der Waals surface area contributed by atoms with Gasteiger partial charge in [-0.1, -0.05) is 20.8 Å². The molecule has 0 aromatic carbocycles. The van der Waals surface area contributed by atoms with E-state index in [1.54, 1.807) is 0 Å². The van der Waals surface area contributed by atoms with Gasteiger partial charge < -0.3 is 15.3 Å². The average Bonchev–Trinajstić information content (AvgIpc) is 2.23. The molecule has 106 valence electrons. The Hall–Kier alpha value is -0.120. The summed E-state index contributed by atoms with van der Waals surface area (Å²) in [6, 6.07) is 0. The van der Waals surface area contributed by atoms with Crippen LogP contribution in [0.4, 0.5) is 0 Å². The van der Waals surface area contributed by atoms with Crippen LogP contribution in [0.2, 0.25) is 0 Å². The molecule has 3 nitrogen and oxygen atoms in total. The normalized spacial score (nSPS) is 53.3. The maximum Gasteiger partial charge on any atom is 0.0679 e. The molecule has 2 rings (SSSR count). The first-order valence-corrected chi connectivity index (χ1v) is 7.28. The Balaban J connectivity index is 2.35. The lowest BCUT2D eigenvalue weighted by atomic mass is 9.50. The molecule has 3 heteroatoms. The summed E-state index contributed by atoms with van der Waals surface area (Å²) >= 11 is 0. The molecular weight excluding hydrogens is 228 g/mol. The van der Waals surface area contributed by atoms with Crippen molar-refractivity contribution >= 4 is 0 Å². The van der Waals surface area contributed by atoms with Gasteiger partial charge in [-0.2, -0.15) is 0 Å². The van der Waals surface area contributed by atoms with Gasteiger partial charge >= 0.3 is 0 Å². The summed E-state index contributed by atoms with van der Waals surface area (Å²) in [6.07, 6.45) is 2.16. The lowest BCUT2D eigenvalue weighted by Crippen LogP contribution is -2.63. The quantitative estimate of drug-likeness (QED) is 0.672. The van der Waals surface area contributed by atoms with E-state index in [9.17, 15) is 15.3 Å². The van der Waals surface area contributed by atoms with Gasteiger partial charge in [0.25, 0.3) is 0 Å². The summed E-state index contributed by atoms with van der Waals surface area (Å²) in [5.41, 5.74) is -1.20. The van der Waals surface area contributed by atoms with Crippen molar-refractivity contribution < 1.29 is 15.3 Å². The molecule has 2 aliphatic rings. The molecule has 2 saturated carbocycles. The van der Waals surface area contributed by atoms with Gasteiger partial charge in [-0.15, -0.1) is 0 Å². The number of rotatable bonds is 1. The van der Waals surface area contributed by atoms with E-state index in [2.05, 4.69) is 13.8 Å². The highest BCUT2D eigenvalue weighted by Crippen LogP contribution is 2.56. The summed E-state index contributed by atoms with van der Waals surface area (Å²) in [4.78, 5) is 0. The highest BCUT2D eigenvalue weighted by atomic mass is 16.3. The fourth-order valence-corrected chi connectivity index (χ4v) is 4.54. The highest BCUT2D eigenvalue weighted by Gasteiger charge is 2.59. The highest BCUT2D eigenvalue weighted by molar-refractivity contribution is 5.08. The second-order valence-corrected chi connectivity index (χ2v) is 7.33. The molecule has 3 N–H and O–H groups in total. The third-order valence-electron chi connectivity index (χ3n) is 5.72. The van der Waals surface area contributed by atoms with Crippen molar-refractivity contribution in [2.24, 2.45) is 23.2 Å². The largest absolute Gasteiger partial charge is 0.393 e. The third-order valence-corrected chi connectivity index (χ3v) is 5.72. The molecular formula is C15H28O3. The van der Waals surface area contributed by atoms with Gasteiger partial charge in [0, 0.05) is 11.3 Å². The van der Waals surface area contributed by atoms with Crippen LogP contribution >= 0.6 is 0 Å². The molecule has 0 heterocycles. The van der Waals surface area contributed by atoms with E-state index in [0.29, 0.717) is 18.8 Å². The van der Waals surface area contributed by atoms with Crippen LogP contribution in [-0.2, 0) is 0 Å². The SMILES string of the molecule is CC(C)C1CC[C@@]2(C)[C@H](O)CC[C@](C)(O)[C@@H]2[C@H]1O. The van der Waals surface area contributed by atoms with Crippen LogP contribution in [0.25, 0.3) is 0 Å². The monoisotopic (exact) mass is 256 g/mol. The molecule has 0 bridgehead atoms. The maximum absolute atomic E-state index is 10.7. The van der Waals surface area contributed by atoms with Gasteiger partial charge in [-0.3, -0.25) is 0 Å². The minimum absolute atomic E-state index is 0.213. The molecule has 0 aliphatic heterocycles. The summed E-state index contributed by atoms with van der Waals surface area (Å²) in [5.74, 6) is 0.439. The van der Waals surface area contributed by atoms with Crippen molar-refractivity contribution in [2.75, 3.05) is 0 Å². The van der Waals surface area contributed by atoms with Crippen molar-refractivity contribution in [1.29, 1.82) is 0 Å². The van der Waals surface area contributed by atoms with Gasteiger partial charge in [0.2, 0.25) is 0 Å². The van der Waals surface area contributed by atoms with Gasteiger partial charge in [-0.05, 0) is 44.4 Å². The van der Waals surface area contributed by atoms with Crippen LogP contribution in [0.3, 0.4) is 0 Å². The Kier molecular flexibility index (Phi) is 3.54. The van der Waals surface area contributed by atoms with Gasteiger partial charge in [0.05, 0.1) is 17.8 Å². The smallest absolute Gasteiger partial charge is 0.0679 e. The maximum atomic E-state index is 10.7. The third kappa shape index (κ3) is 2.00. The predicted octanol–water partition coefficient (Wildman–Crippen LogP) is 1.94. The van der Waals surface area contributed by atoms with Gasteiger partial charge in [-0.25, -0.2) is 0 Å². The van der Waals surface area contributed by atoms with Crippen molar-refractivity contribution in [3.05, 3.63) is 0 Å². The summed E-state index contributed by atoms with van der Waals surface area (Å²) < 4.78 is 0. The number of aliphatic hydroxyl groups excluding tert-OH is 2. The molecule has 0 aromatic heterocycles. The summed E-state index contributed by atoms with van der Waals surface area (Å²) in [7, 11) is 0. The van der Waals surface area contributed by atoms with Crippen LogP contribution < -0.4 is 0 Å². The van der Waals surface area contributed by atoms with Gasteiger partial charge in [0.1, 0.15) is 0 Å². The van der Waals surface area contributed by atoms with E-state index >= 15 is 0 Å². The first-order chi connectivity index (χ1) is 8.20. The Morgan fingerprint density at radius 3 is 2.22 bits per heavy atom. The minimum Gasteiger partial charge on any atom is -0.393 e. The zero-order valence-corrected chi connectivity index (χ0v) is 12.1. The molecule has 0 saturated heterocycles. The van der Waals surface area contributed by atoms with Crippen molar-refractivity contribution in [2.45, 2.75) is 71.2 Å². The minimum atomic E-state index is -0.860. The van der Waals surface area contributed by atoms with Crippen LogP contribution in [0.5, 0.6) is 0 Å². The average molecular weight is 256 g/mol. The Morgan fingerprint density at radius 1 is 1.06 bits per heavy atom. The van der Waals surface area contributed by atoms with Crippen LogP contribution in [0, 0.1) is 23.2 Å². The molecule has 18 heavy (non-hydrogen) atoms. The topological polar surface area (TPSA) is 60.7 Å². The fraction of sp³-hybridized carbons (Fsp3) is 1.00. The lowest BCUT2D eigenvalue weighted by molar-refractivity contribution is -0.219. The molecule has 1 unspecified atom stereocenters. The molecule has 2 aliphatic carbocycles. The summed E-state index contributed by atoms with van der Waals surface area (Å²) in [6.45, 7) is 8.12. The van der Waals surface area contributed by atoms with Crippen molar-refractivity contribution in [1.82, 2.24) is 0 Å². The van der Waals surface area contributed by atoms with Crippen LogP contribution in [0.15, 0.2) is 0 Å². The molecule has 0 aromatic rings. The zero-order chi connectivity index (χ0) is 13.7. The Labute approximate surface area is 110 Å². The first-order valence-electron chi connectivity index (χ1n) is 7.28. The van der Waals surface area contributed by atoms with Gasteiger partial charge in [0.15, 0.2) is 0 Å². The molecule has 0 spiro atoms. The second kappa shape index (κ2) is 4.46. The molecule has 0 amide bonds. The fourth-order valence-electron chi connectivity index (χ4n) is 4.54. The van der Waals surface area contributed by atoms with Crippen molar-refractivity contribution in [3.8, 4) is 0 Å². The number of fused-ring (bicyclic) bond motifs is 1. The molecule has 6 atom stereocenters. The number of aliphatic hydroxyl groups is 3. The number of hydrogen-bond donors (Lipinski definition) is 3. The standard InChI is InChI=1S/C15H28O3/c1-9(2)10-5-7-14(3)11(16)6-8-15(4,18)13(14)12(10)17/h9-13,16-18H,5-8H2,1-4H3/t10?,11-,12+,13-,14+,15+/m1/s1.